The van der Waals surface area contributed by atoms with Crippen molar-refractivity contribution in [1.29, 1.82) is 0 Å². The first kappa shape index (κ1) is 15.7. The Bertz CT molecular complexity index is 660. The second-order valence-corrected chi connectivity index (χ2v) is 7.12. The second-order valence-electron chi connectivity index (χ2n) is 7.12. The van der Waals surface area contributed by atoms with E-state index in [2.05, 4.69) is 48.7 Å². The minimum absolute atomic E-state index is 0.585. The van der Waals surface area contributed by atoms with Gasteiger partial charge in [0.2, 0.25) is 0 Å². The number of likely N-dealkylation sites (tertiary alicyclic amines) is 1. The minimum atomic E-state index is 0.585. The maximum Gasteiger partial charge on any atom is 0.146 e. The minimum Gasteiger partial charge on any atom is -0.317 e. The van der Waals surface area contributed by atoms with Crippen molar-refractivity contribution >= 4 is 0 Å². The molecular formula is C16H26N8. The van der Waals surface area contributed by atoms with Gasteiger partial charge >= 0.3 is 0 Å². The normalized spacial score (nSPS) is 21.9. The van der Waals surface area contributed by atoms with Crippen molar-refractivity contribution in [1.82, 2.24) is 39.3 Å². The average molecular weight is 330 g/mol. The highest BCUT2D eigenvalue weighted by atomic mass is 15.3. The molecule has 0 bridgehead atoms. The van der Waals surface area contributed by atoms with E-state index in [4.69, 9.17) is 0 Å². The molecule has 4 rings (SSSR count). The summed E-state index contributed by atoms with van der Waals surface area (Å²) in [5.41, 5.74) is 0. The van der Waals surface area contributed by atoms with Gasteiger partial charge in [0.15, 0.2) is 0 Å². The lowest BCUT2D eigenvalue weighted by atomic mass is 10.2. The highest BCUT2D eigenvalue weighted by Gasteiger charge is 2.30. The Morgan fingerprint density at radius 2 is 2.08 bits per heavy atom. The van der Waals surface area contributed by atoms with Crippen molar-refractivity contribution in [3.63, 3.8) is 0 Å². The van der Waals surface area contributed by atoms with E-state index in [1.54, 1.807) is 12.7 Å². The summed E-state index contributed by atoms with van der Waals surface area (Å²) in [5, 5.41) is 13.0. The first-order valence-corrected chi connectivity index (χ1v) is 8.84. The predicted octanol–water partition coefficient (Wildman–Crippen LogP) is 0.490. The highest BCUT2D eigenvalue weighted by Crippen LogP contribution is 2.38. The lowest BCUT2D eigenvalue weighted by Gasteiger charge is -2.24. The van der Waals surface area contributed by atoms with Gasteiger partial charge in [0.25, 0.3) is 0 Å². The third kappa shape index (κ3) is 3.34. The zero-order chi connectivity index (χ0) is 16.5. The first-order valence-electron chi connectivity index (χ1n) is 8.84. The zero-order valence-electron chi connectivity index (χ0n) is 14.5. The number of aromatic nitrogens is 6. The SMILES string of the molecule is CN(Cc1nnc(C2CC2)n1C)[C@@H]1CCN(CCn2cncn2)C1. The van der Waals surface area contributed by atoms with Gasteiger partial charge in [0.1, 0.15) is 24.3 Å². The molecule has 1 saturated carbocycles. The van der Waals surface area contributed by atoms with Gasteiger partial charge in [-0.05, 0) is 32.9 Å². The average Bonchev–Trinajstić information content (AvgIpc) is 3.00. The van der Waals surface area contributed by atoms with Gasteiger partial charge in [-0.2, -0.15) is 5.10 Å². The Morgan fingerprint density at radius 3 is 2.83 bits per heavy atom. The molecule has 0 unspecified atom stereocenters. The Morgan fingerprint density at radius 1 is 1.21 bits per heavy atom. The molecule has 0 N–H and O–H groups in total. The van der Waals surface area contributed by atoms with Crippen molar-refractivity contribution < 1.29 is 0 Å². The fourth-order valence-electron chi connectivity index (χ4n) is 3.53. The number of likely N-dealkylation sites (N-methyl/N-ethyl adjacent to an activating group) is 1. The van der Waals surface area contributed by atoms with Crippen LogP contribution >= 0.6 is 0 Å². The largest absolute Gasteiger partial charge is 0.317 e. The number of rotatable bonds is 7. The molecule has 1 aliphatic heterocycles. The van der Waals surface area contributed by atoms with Crippen LogP contribution < -0.4 is 0 Å². The summed E-state index contributed by atoms with van der Waals surface area (Å²) in [6.07, 6.45) is 7.13. The van der Waals surface area contributed by atoms with Crippen LogP contribution in [0.2, 0.25) is 0 Å². The maximum absolute atomic E-state index is 4.42. The fourth-order valence-corrected chi connectivity index (χ4v) is 3.53. The van der Waals surface area contributed by atoms with Gasteiger partial charge in [-0.1, -0.05) is 0 Å². The Labute approximate surface area is 142 Å². The molecule has 1 aliphatic carbocycles. The van der Waals surface area contributed by atoms with E-state index in [0.717, 1.165) is 38.5 Å². The van der Waals surface area contributed by atoms with E-state index in [1.165, 1.54) is 25.1 Å². The molecule has 8 nitrogen and oxygen atoms in total. The van der Waals surface area contributed by atoms with Crippen LogP contribution in [0, 0.1) is 0 Å². The smallest absolute Gasteiger partial charge is 0.146 e. The summed E-state index contributed by atoms with van der Waals surface area (Å²) < 4.78 is 4.10. The van der Waals surface area contributed by atoms with Gasteiger partial charge in [-0.3, -0.25) is 14.5 Å². The standard InChI is InChI=1S/C16H26N8/c1-21(10-15-19-20-16(22(15)2)13-3-4-13)14-5-6-23(9-14)7-8-24-12-17-11-18-24/h11-14H,3-10H2,1-2H3/t14-/m1/s1. The van der Waals surface area contributed by atoms with Crippen molar-refractivity contribution in [2.75, 3.05) is 26.7 Å². The number of nitrogens with zero attached hydrogens (tertiary/aromatic N) is 8. The molecule has 8 heteroatoms. The van der Waals surface area contributed by atoms with Gasteiger partial charge in [0.05, 0.1) is 13.1 Å². The lowest BCUT2D eigenvalue weighted by molar-refractivity contribution is 0.215. The van der Waals surface area contributed by atoms with Gasteiger partial charge in [0, 0.05) is 32.1 Å². The van der Waals surface area contributed by atoms with Gasteiger partial charge < -0.3 is 4.57 Å². The summed E-state index contributed by atoms with van der Waals surface area (Å²) in [5.74, 6) is 2.90. The molecule has 2 aromatic heterocycles. The Kier molecular flexibility index (Phi) is 4.32. The van der Waals surface area contributed by atoms with E-state index in [1.807, 2.05) is 4.68 Å². The third-order valence-corrected chi connectivity index (χ3v) is 5.31. The lowest BCUT2D eigenvalue weighted by Crippen LogP contribution is -2.35. The zero-order valence-corrected chi connectivity index (χ0v) is 14.5. The van der Waals surface area contributed by atoms with Gasteiger partial charge in [-0.15, -0.1) is 10.2 Å². The van der Waals surface area contributed by atoms with Crippen molar-refractivity contribution in [3.8, 4) is 0 Å². The quantitative estimate of drug-likeness (QED) is 0.736. The molecule has 2 aliphatic rings. The van der Waals surface area contributed by atoms with Crippen molar-refractivity contribution in [3.05, 3.63) is 24.3 Å². The number of hydrogen-bond donors (Lipinski definition) is 0. The van der Waals surface area contributed by atoms with Crippen LogP contribution in [0.1, 0.15) is 36.8 Å². The molecule has 1 saturated heterocycles. The second kappa shape index (κ2) is 6.60. The van der Waals surface area contributed by atoms with Gasteiger partial charge in [-0.25, -0.2) is 4.98 Å². The van der Waals surface area contributed by atoms with E-state index in [0.29, 0.717) is 12.0 Å². The fraction of sp³-hybridized carbons (Fsp3) is 0.750. The Hall–Kier alpha value is -1.80. The van der Waals surface area contributed by atoms with Crippen LogP contribution in [0.3, 0.4) is 0 Å². The van der Waals surface area contributed by atoms with E-state index < -0.39 is 0 Å². The highest BCUT2D eigenvalue weighted by molar-refractivity contribution is 5.07. The van der Waals surface area contributed by atoms with Crippen LogP contribution in [0.4, 0.5) is 0 Å². The first-order chi connectivity index (χ1) is 11.7. The van der Waals surface area contributed by atoms with E-state index in [9.17, 15) is 0 Å². The van der Waals surface area contributed by atoms with E-state index in [-0.39, 0.29) is 0 Å². The molecule has 0 amide bonds. The molecule has 130 valence electrons. The monoisotopic (exact) mass is 330 g/mol. The summed E-state index contributed by atoms with van der Waals surface area (Å²) in [4.78, 5) is 8.93. The summed E-state index contributed by atoms with van der Waals surface area (Å²) >= 11 is 0. The summed E-state index contributed by atoms with van der Waals surface area (Å²) in [6.45, 7) is 5.07. The molecule has 1 atom stereocenters. The molecule has 0 aromatic carbocycles. The molecule has 0 radical (unpaired) electrons. The van der Waals surface area contributed by atoms with Crippen molar-refractivity contribution in [2.45, 2.75) is 44.3 Å². The molecular weight excluding hydrogens is 304 g/mol. The topological polar surface area (TPSA) is 67.9 Å². The Balaban J connectivity index is 1.28. The van der Waals surface area contributed by atoms with Crippen LogP contribution in [0.25, 0.3) is 0 Å². The maximum atomic E-state index is 4.42. The number of hydrogen-bond acceptors (Lipinski definition) is 6. The van der Waals surface area contributed by atoms with Crippen LogP contribution in [0.5, 0.6) is 0 Å². The van der Waals surface area contributed by atoms with Crippen LogP contribution in [0.15, 0.2) is 12.7 Å². The molecule has 0 spiro atoms. The third-order valence-electron chi connectivity index (χ3n) is 5.31. The molecule has 24 heavy (non-hydrogen) atoms. The summed E-state index contributed by atoms with van der Waals surface area (Å²) in [7, 11) is 4.31. The molecule has 2 aromatic rings. The van der Waals surface area contributed by atoms with Crippen molar-refractivity contribution in [2.24, 2.45) is 7.05 Å². The summed E-state index contributed by atoms with van der Waals surface area (Å²) in [6, 6.07) is 0.585. The molecule has 3 heterocycles. The predicted molar refractivity (Wildman–Crippen MR) is 89.3 cm³/mol. The van der Waals surface area contributed by atoms with Crippen LogP contribution in [-0.2, 0) is 20.1 Å². The van der Waals surface area contributed by atoms with Crippen LogP contribution in [-0.4, -0.2) is 72.1 Å². The molecule has 2 fully saturated rings. The van der Waals surface area contributed by atoms with E-state index >= 15 is 0 Å².